The van der Waals surface area contributed by atoms with Crippen LogP contribution in [0, 0.1) is 5.92 Å². The zero-order chi connectivity index (χ0) is 13.8. The van der Waals surface area contributed by atoms with Gasteiger partial charge in [0.15, 0.2) is 0 Å². The summed E-state index contributed by atoms with van der Waals surface area (Å²) in [5.74, 6) is 0.670. The lowest BCUT2D eigenvalue weighted by molar-refractivity contribution is -0.144. The highest BCUT2D eigenvalue weighted by Crippen LogP contribution is 2.48. The van der Waals surface area contributed by atoms with E-state index in [1.165, 1.54) is 5.56 Å². The number of aromatic nitrogens is 1. The second kappa shape index (κ2) is 6.00. The number of allylic oxidation sites excluding steroid dienone is 1. The lowest BCUT2D eigenvalue weighted by atomic mass is 10.00. The van der Waals surface area contributed by atoms with E-state index in [0.717, 1.165) is 18.5 Å². The maximum Gasteiger partial charge on any atom is 0.309 e. The number of pyridine rings is 1. The van der Waals surface area contributed by atoms with Crippen molar-refractivity contribution in [2.45, 2.75) is 38.5 Å². The van der Waals surface area contributed by atoms with Crippen LogP contribution in [0.25, 0.3) is 0 Å². The molecule has 1 aromatic heterocycles. The van der Waals surface area contributed by atoms with Crippen molar-refractivity contribution in [2.24, 2.45) is 5.92 Å². The number of hydrogen-bond donors (Lipinski definition) is 0. The zero-order valence-electron chi connectivity index (χ0n) is 11.6. The molecule has 1 saturated carbocycles. The zero-order valence-corrected chi connectivity index (χ0v) is 11.6. The van der Waals surface area contributed by atoms with Crippen molar-refractivity contribution < 1.29 is 9.53 Å². The predicted octanol–water partition coefficient (Wildman–Crippen LogP) is 3.43. The van der Waals surface area contributed by atoms with Crippen LogP contribution < -0.4 is 0 Å². The molecule has 0 N–H and O–H groups in total. The number of carbonyl (C=O) groups is 1. The molecule has 3 nitrogen and oxygen atoms in total. The predicted molar refractivity (Wildman–Crippen MR) is 74.9 cm³/mol. The summed E-state index contributed by atoms with van der Waals surface area (Å²) in [6.45, 7) is 8.21. The van der Waals surface area contributed by atoms with Crippen LogP contribution in [-0.2, 0) is 9.53 Å². The minimum Gasteiger partial charge on any atom is -0.466 e. The third kappa shape index (κ3) is 3.22. The van der Waals surface area contributed by atoms with E-state index in [4.69, 9.17) is 4.74 Å². The van der Waals surface area contributed by atoms with Crippen molar-refractivity contribution in [3.05, 3.63) is 42.2 Å². The Hall–Kier alpha value is -1.64. The van der Waals surface area contributed by atoms with Gasteiger partial charge in [0.2, 0.25) is 0 Å². The first-order valence-corrected chi connectivity index (χ1v) is 6.90. The van der Waals surface area contributed by atoms with E-state index in [0.29, 0.717) is 18.4 Å². The highest BCUT2D eigenvalue weighted by molar-refractivity contribution is 5.77. The smallest absolute Gasteiger partial charge is 0.309 e. The molecule has 19 heavy (non-hydrogen) atoms. The molecule has 1 aromatic rings. The van der Waals surface area contributed by atoms with Crippen LogP contribution in [0.3, 0.4) is 0 Å². The molecule has 0 aliphatic heterocycles. The average Bonchev–Trinajstić information content (AvgIpc) is 3.20. The summed E-state index contributed by atoms with van der Waals surface area (Å²) in [5, 5.41) is 0. The van der Waals surface area contributed by atoms with E-state index in [2.05, 4.69) is 24.6 Å². The third-order valence-electron chi connectivity index (χ3n) is 3.64. The Morgan fingerprint density at radius 2 is 2.47 bits per heavy atom. The average molecular weight is 259 g/mol. The van der Waals surface area contributed by atoms with Crippen molar-refractivity contribution >= 4 is 5.97 Å². The maximum atomic E-state index is 11.7. The van der Waals surface area contributed by atoms with Gasteiger partial charge in [-0.05, 0) is 43.4 Å². The van der Waals surface area contributed by atoms with Crippen LogP contribution in [0.2, 0.25) is 0 Å². The number of hydrogen-bond acceptors (Lipinski definition) is 3. The van der Waals surface area contributed by atoms with E-state index >= 15 is 0 Å². The molecule has 0 spiro atoms. The minimum absolute atomic E-state index is 0.0462. The molecule has 3 heteroatoms. The fourth-order valence-corrected chi connectivity index (χ4v) is 2.41. The quantitative estimate of drug-likeness (QED) is 0.580. The second-order valence-electron chi connectivity index (χ2n) is 5.14. The summed E-state index contributed by atoms with van der Waals surface area (Å²) in [6.07, 6.45) is 5.57. The van der Waals surface area contributed by atoms with Gasteiger partial charge in [-0.25, -0.2) is 0 Å². The first-order valence-electron chi connectivity index (χ1n) is 6.90. The van der Waals surface area contributed by atoms with Gasteiger partial charge in [0.05, 0.1) is 12.5 Å². The minimum atomic E-state index is -0.0648. The number of carbonyl (C=O) groups excluding carboxylic acids is 1. The Labute approximate surface area is 114 Å². The van der Waals surface area contributed by atoms with Gasteiger partial charge < -0.3 is 4.74 Å². The Morgan fingerprint density at radius 3 is 3.16 bits per heavy atom. The monoisotopic (exact) mass is 259 g/mol. The van der Waals surface area contributed by atoms with Crippen LogP contribution >= 0.6 is 0 Å². The molecule has 1 heterocycles. The fourth-order valence-electron chi connectivity index (χ4n) is 2.41. The number of rotatable bonds is 6. The van der Waals surface area contributed by atoms with Crippen LogP contribution in [0.15, 0.2) is 31.0 Å². The van der Waals surface area contributed by atoms with Crippen molar-refractivity contribution in [3.8, 4) is 0 Å². The molecule has 1 aliphatic rings. The van der Waals surface area contributed by atoms with E-state index in [-0.39, 0.29) is 11.9 Å². The van der Waals surface area contributed by atoms with Crippen LogP contribution in [0.5, 0.6) is 0 Å². The van der Waals surface area contributed by atoms with Crippen molar-refractivity contribution in [2.75, 3.05) is 6.61 Å². The van der Waals surface area contributed by atoms with E-state index in [1.54, 1.807) is 0 Å². The van der Waals surface area contributed by atoms with Crippen LogP contribution in [0.1, 0.15) is 49.8 Å². The highest BCUT2D eigenvalue weighted by Gasteiger charge is 2.45. The lowest BCUT2D eigenvalue weighted by Crippen LogP contribution is -2.07. The third-order valence-corrected chi connectivity index (χ3v) is 3.64. The van der Waals surface area contributed by atoms with Crippen LogP contribution in [0.4, 0.5) is 0 Å². The molecule has 0 unspecified atom stereocenters. The Bertz CT molecular complexity index is 470. The van der Waals surface area contributed by atoms with Gasteiger partial charge in [-0.1, -0.05) is 13.0 Å². The number of esters is 1. The number of ether oxygens (including phenoxy) is 1. The molecule has 0 aromatic carbocycles. The van der Waals surface area contributed by atoms with E-state index in [1.807, 2.05) is 25.3 Å². The summed E-state index contributed by atoms with van der Waals surface area (Å²) in [5.41, 5.74) is 2.28. The van der Waals surface area contributed by atoms with Gasteiger partial charge in [-0.2, -0.15) is 0 Å². The summed E-state index contributed by atoms with van der Waals surface area (Å²) in [4.78, 5) is 16.1. The van der Waals surface area contributed by atoms with Crippen molar-refractivity contribution in [1.82, 2.24) is 4.98 Å². The molecule has 3 atom stereocenters. The van der Waals surface area contributed by atoms with Gasteiger partial charge in [0.25, 0.3) is 0 Å². The molecule has 0 radical (unpaired) electrons. The van der Waals surface area contributed by atoms with Gasteiger partial charge in [-0.3, -0.25) is 9.78 Å². The van der Waals surface area contributed by atoms with Gasteiger partial charge in [0.1, 0.15) is 0 Å². The largest absolute Gasteiger partial charge is 0.466 e. The molecule has 102 valence electrons. The Balaban J connectivity index is 2.05. The van der Waals surface area contributed by atoms with Gasteiger partial charge in [0, 0.05) is 17.8 Å². The normalized spacial score (nSPS) is 22.6. The summed E-state index contributed by atoms with van der Waals surface area (Å²) in [6, 6.07) is 4.13. The van der Waals surface area contributed by atoms with Crippen LogP contribution in [-0.4, -0.2) is 17.6 Å². The fraction of sp³-hybridized carbons (Fsp3) is 0.500. The summed E-state index contributed by atoms with van der Waals surface area (Å²) < 4.78 is 5.07. The second-order valence-corrected chi connectivity index (χ2v) is 5.14. The van der Waals surface area contributed by atoms with Gasteiger partial charge in [-0.15, -0.1) is 6.58 Å². The molecule has 0 amide bonds. The molecular formula is C16H21NO2. The Kier molecular flexibility index (Phi) is 4.35. The molecule has 0 saturated heterocycles. The van der Waals surface area contributed by atoms with Crippen molar-refractivity contribution in [1.29, 1.82) is 0 Å². The molecule has 0 bridgehead atoms. The molecule has 1 aliphatic carbocycles. The molecular weight excluding hydrogens is 238 g/mol. The molecule has 1 fully saturated rings. The first-order chi connectivity index (χ1) is 9.17. The van der Waals surface area contributed by atoms with Crippen molar-refractivity contribution in [3.63, 3.8) is 0 Å². The Morgan fingerprint density at radius 1 is 1.68 bits per heavy atom. The first kappa shape index (κ1) is 13.8. The topological polar surface area (TPSA) is 39.2 Å². The lowest BCUT2D eigenvalue weighted by Gasteiger charge is -2.09. The SMILES string of the molecule is C=CC[C@H](C)c1cc([C@@H]2C[C@@H]2C(=O)OCC)ccn1. The van der Waals surface area contributed by atoms with E-state index in [9.17, 15) is 4.79 Å². The summed E-state index contributed by atoms with van der Waals surface area (Å²) in [7, 11) is 0. The van der Waals surface area contributed by atoms with Gasteiger partial charge >= 0.3 is 5.97 Å². The standard InChI is InChI=1S/C16H21NO2/c1-4-6-11(3)15-9-12(7-8-17-15)13-10-14(13)16(18)19-5-2/h4,7-9,11,13-14H,1,5-6,10H2,2-3H3/t11-,13-,14-/m0/s1. The maximum absolute atomic E-state index is 11.7. The van der Waals surface area contributed by atoms with E-state index < -0.39 is 0 Å². The highest BCUT2D eigenvalue weighted by atomic mass is 16.5. The summed E-state index contributed by atoms with van der Waals surface area (Å²) >= 11 is 0. The number of nitrogens with zero attached hydrogens (tertiary/aromatic N) is 1. The molecule has 2 rings (SSSR count).